The Labute approximate surface area is 114 Å². The van der Waals surface area contributed by atoms with Gasteiger partial charge in [-0.25, -0.2) is 9.90 Å². The Bertz CT molecular complexity index is 424. The zero-order valence-corrected chi connectivity index (χ0v) is 12.0. The Kier molecular flexibility index (Phi) is 5.36. The number of alkyl carbamates (subject to hydrolysis) is 1. The minimum Gasteiger partial charge on any atom is -0.444 e. The molecule has 0 aliphatic rings. The standard InChI is InChI=1S/C15H22NO3/c1-11(9-16-14(18)19-15(2,3)4)13-7-5-6-12(8-13)10-17/h5-8,11H,9-10H2,1-4H3,(H,16,18)/t11-/m0/s1. The maximum atomic E-state index is 11.5. The van der Waals surface area contributed by atoms with Gasteiger partial charge in [0.05, 0.1) is 0 Å². The summed E-state index contributed by atoms with van der Waals surface area (Å²) in [6.07, 6.45) is -0.417. The van der Waals surface area contributed by atoms with Gasteiger partial charge in [0, 0.05) is 6.54 Å². The van der Waals surface area contributed by atoms with Crippen LogP contribution >= 0.6 is 0 Å². The third-order valence-electron chi connectivity index (χ3n) is 2.64. The number of carbonyl (C=O) groups is 1. The van der Waals surface area contributed by atoms with E-state index in [0.29, 0.717) is 6.54 Å². The second-order valence-corrected chi connectivity index (χ2v) is 5.67. The Morgan fingerprint density at radius 1 is 1.37 bits per heavy atom. The molecule has 0 spiro atoms. The van der Waals surface area contributed by atoms with Crippen molar-refractivity contribution in [3.63, 3.8) is 0 Å². The van der Waals surface area contributed by atoms with Gasteiger partial charge in [-0.1, -0.05) is 31.2 Å². The van der Waals surface area contributed by atoms with Gasteiger partial charge >= 0.3 is 6.09 Å². The molecule has 1 aromatic rings. The van der Waals surface area contributed by atoms with Crippen molar-refractivity contribution in [1.29, 1.82) is 0 Å². The van der Waals surface area contributed by atoms with E-state index in [4.69, 9.17) is 4.74 Å². The number of rotatable bonds is 4. The Hall–Kier alpha value is -1.55. The fourth-order valence-electron chi connectivity index (χ4n) is 1.66. The topological polar surface area (TPSA) is 58.2 Å². The highest BCUT2D eigenvalue weighted by Crippen LogP contribution is 2.16. The minimum absolute atomic E-state index is 0.138. The first-order valence-electron chi connectivity index (χ1n) is 6.45. The summed E-state index contributed by atoms with van der Waals surface area (Å²) >= 11 is 0. The fraction of sp³-hybridized carbons (Fsp3) is 0.533. The monoisotopic (exact) mass is 264 g/mol. The van der Waals surface area contributed by atoms with Gasteiger partial charge in [-0.05, 0) is 37.8 Å². The molecule has 1 amide bonds. The molecule has 0 bridgehead atoms. The average molecular weight is 264 g/mol. The van der Waals surface area contributed by atoms with Gasteiger partial charge in [-0.15, -0.1) is 0 Å². The zero-order valence-electron chi connectivity index (χ0n) is 12.0. The van der Waals surface area contributed by atoms with Gasteiger partial charge in [-0.2, -0.15) is 0 Å². The van der Waals surface area contributed by atoms with Crippen molar-refractivity contribution in [3.8, 4) is 0 Å². The Morgan fingerprint density at radius 2 is 2.05 bits per heavy atom. The van der Waals surface area contributed by atoms with E-state index in [2.05, 4.69) is 5.32 Å². The smallest absolute Gasteiger partial charge is 0.407 e. The number of ether oxygens (including phenoxy) is 1. The summed E-state index contributed by atoms with van der Waals surface area (Å²) < 4.78 is 5.17. The first kappa shape index (κ1) is 15.5. The molecule has 0 unspecified atom stereocenters. The molecule has 0 aromatic heterocycles. The van der Waals surface area contributed by atoms with Crippen molar-refractivity contribution in [2.45, 2.75) is 45.8 Å². The maximum absolute atomic E-state index is 11.5. The summed E-state index contributed by atoms with van der Waals surface area (Å²) in [5.74, 6) is 0.138. The van der Waals surface area contributed by atoms with Crippen LogP contribution in [0, 0.1) is 0 Å². The first-order valence-corrected chi connectivity index (χ1v) is 6.45. The number of hydrogen-bond donors (Lipinski definition) is 1. The van der Waals surface area contributed by atoms with Gasteiger partial charge in [0.15, 0.2) is 0 Å². The van der Waals surface area contributed by atoms with Gasteiger partial charge in [-0.3, -0.25) is 0 Å². The van der Waals surface area contributed by atoms with E-state index in [9.17, 15) is 9.90 Å². The van der Waals surface area contributed by atoms with Crippen LogP contribution in [0.5, 0.6) is 0 Å². The molecule has 1 N–H and O–H groups in total. The molecular formula is C15H22NO3. The van der Waals surface area contributed by atoms with E-state index in [0.717, 1.165) is 11.1 Å². The van der Waals surface area contributed by atoms with E-state index in [1.54, 1.807) is 0 Å². The summed E-state index contributed by atoms with van der Waals surface area (Å²) in [6.45, 7) is 7.74. The molecule has 0 saturated heterocycles. The second kappa shape index (κ2) is 6.57. The quantitative estimate of drug-likeness (QED) is 0.907. The number of benzene rings is 1. The van der Waals surface area contributed by atoms with Gasteiger partial charge in [0.25, 0.3) is 0 Å². The van der Waals surface area contributed by atoms with E-state index in [1.165, 1.54) is 0 Å². The second-order valence-electron chi connectivity index (χ2n) is 5.67. The normalized spacial score (nSPS) is 12.9. The van der Waals surface area contributed by atoms with Crippen LogP contribution in [0.2, 0.25) is 0 Å². The number of amides is 1. The summed E-state index contributed by atoms with van der Waals surface area (Å²) in [4.78, 5) is 11.5. The first-order chi connectivity index (χ1) is 8.81. The lowest BCUT2D eigenvalue weighted by Crippen LogP contribution is -2.34. The third kappa shape index (κ3) is 5.75. The van der Waals surface area contributed by atoms with E-state index in [1.807, 2.05) is 52.0 Å². The van der Waals surface area contributed by atoms with Crippen LogP contribution in [0.1, 0.15) is 44.7 Å². The SMILES string of the molecule is C[C@@H](CNC(=O)OC(C)(C)C)c1cccc(C[O])c1. The predicted octanol–water partition coefficient (Wildman–Crippen LogP) is 3.25. The molecular weight excluding hydrogens is 242 g/mol. The van der Waals surface area contributed by atoms with E-state index >= 15 is 0 Å². The van der Waals surface area contributed by atoms with Crippen LogP contribution in [-0.2, 0) is 16.5 Å². The van der Waals surface area contributed by atoms with Crippen molar-refractivity contribution in [1.82, 2.24) is 5.32 Å². The number of carbonyl (C=O) groups excluding carboxylic acids is 1. The highest BCUT2D eigenvalue weighted by atomic mass is 16.6. The molecule has 1 radical (unpaired) electrons. The van der Waals surface area contributed by atoms with Crippen LogP contribution in [0.4, 0.5) is 4.79 Å². The molecule has 1 rings (SSSR count). The van der Waals surface area contributed by atoms with Crippen LogP contribution < -0.4 is 5.32 Å². The molecule has 1 aromatic carbocycles. The molecule has 0 heterocycles. The lowest BCUT2D eigenvalue weighted by molar-refractivity contribution is 0.0525. The number of hydrogen-bond acceptors (Lipinski definition) is 2. The van der Waals surface area contributed by atoms with Crippen molar-refractivity contribution in [2.24, 2.45) is 0 Å². The molecule has 105 valence electrons. The van der Waals surface area contributed by atoms with Gasteiger partial charge in [0.2, 0.25) is 0 Å². The lowest BCUT2D eigenvalue weighted by Gasteiger charge is -2.21. The summed E-state index contributed by atoms with van der Waals surface area (Å²) in [7, 11) is 0. The van der Waals surface area contributed by atoms with Crippen LogP contribution in [0.15, 0.2) is 24.3 Å². The molecule has 0 fully saturated rings. The molecule has 0 aliphatic carbocycles. The van der Waals surface area contributed by atoms with Crippen molar-refractivity contribution in [3.05, 3.63) is 35.4 Å². The van der Waals surface area contributed by atoms with Crippen molar-refractivity contribution >= 4 is 6.09 Å². The predicted molar refractivity (Wildman–Crippen MR) is 73.5 cm³/mol. The molecule has 4 heteroatoms. The largest absolute Gasteiger partial charge is 0.444 e. The van der Waals surface area contributed by atoms with Crippen LogP contribution in [-0.4, -0.2) is 18.2 Å². The average Bonchev–Trinajstić information content (AvgIpc) is 2.34. The number of nitrogens with one attached hydrogen (secondary N) is 1. The summed E-state index contributed by atoms with van der Waals surface area (Å²) in [5, 5.41) is 13.6. The molecule has 4 nitrogen and oxygen atoms in total. The molecule has 1 atom stereocenters. The minimum atomic E-state index is -0.490. The molecule has 0 saturated carbocycles. The lowest BCUT2D eigenvalue weighted by atomic mass is 9.99. The molecule has 19 heavy (non-hydrogen) atoms. The highest BCUT2D eigenvalue weighted by Gasteiger charge is 2.16. The van der Waals surface area contributed by atoms with Crippen LogP contribution in [0.25, 0.3) is 0 Å². The zero-order chi connectivity index (χ0) is 14.5. The fourth-order valence-corrected chi connectivity index (χ4v) is 1.66. The summed E-state index contributed by atoms with van der Waals surface area (Å²) in [6, 6.07) is 7.52. The molecule has 0 aliphatic heterocycles. The maximum Gasteiger partial charge on any atom is 0.407 e. The van der Waals surface area contributed by atoms with E-state index in [-0.39, 0.29) is 12.5 Å². The van der Waals surface area contributed by atoms with Crippen LogP contribution in [0.3, 0.4) is 0 Å². The van der Waals surface area contributed by atoms with Gasteiger partial charge < -0.3 is 10.1 Å². The van der Waals surface area contributed by atoms with Crippen molar-refractivity contribution < 1.29 is 14.6 Å². The third-order valence-corrected chi connectivity index (χ3v) is 2.64. The highest BCUT2D eigenvalue weighted by molar-refractivity contribution is 5.67. The summed E-state index contributed by atoms with van der Waals surface area (Å²) in [5.41, 5.74) is 1.32. The van der Waals surface area contributed by atoms with Gasteiger partial charge in [0.1, 0.15) is 12.2 Å². The Morgan fingerprint density at radius 3 is 2.63 bits per heavy atom. The van der Waals surface area contributed by atoms with E-state index < -0.39 is 11.7 Å². The Balaban J connectivity index is 2.51. The van der Waals surface area contributed by atoms with Crippen molar-refractivity contribution in [2.75, 3.05) is 6.54 Å².